The molecule has 0 radical (unpaired) electrons. The summed E-state index contributed by atoms with van der Waals surface area (Å²) in [5, 5.41) is 2.25. The molecule has 5 nitrogen and oxygen atoms in total. The van der Waals surface area contributed by atoms with Gasteiger partial charge >= 0.3 is 0 Å². The molecule has 2 aliphatic rings. The molecule has 56 heavy (non-hydrogen) atoms. The van der Waals surface area contributed by atoms with E-state index in [2.05, 4.69) is 169 Å². The summed E-state index contributed by atoms with van der Waals surface area (Å²) in [6.07, 6.45) is 0. The average molecular weight is 729 g/mol. The Morgan fingerprint density at radius 2 is 1.11 bits per heavy atom. The van der Waals surface area contributed by atoms with E-state index in [0.717, 1.165) is 61.4 Å². The van der Waals surface area contributed by atoms with E-state index in [-0.39, 0.29) is 17.5 Å². The van der Waals surface area contributed by atoms with Gasteiger partial charge < -0.3 is 4.42 Å². The zero-order valence-corrected chi connectivity index (χ0v) is 33.9. The van der Waals surface area contributed by atoms with Crippen LogP contribution in [0.15, 0.2) is 95.4 Å². The van der Waals surface area contributed by atoms with Crippen LogP contribution >= 0.6 is 0 Å². The van der Waals surface area contributed by atoms with Crippen LogP contribution in [0, 0.1) is 27.7 Å². The topological polar surface area (TPSA) is 48.8 Å². The molecule has 0 atom stereocenters. The minimum absolute atomic E-state index is 0.00351. The van der Waals surface area contributed by atoms with Crippen molar-refractivity contribution in [3.05, 3.63) is 124 Å². The standard InChI is InChI=1S/C50H45BN4O/c1-26-14-11-15-27(2)39(26)47-52-42-33(50(8,9)10)21-22-34-44(42)54(47)36-18-13-19-37-41(36)51(34)35-25-32-31-24-30(49(5,6)7)20-23-38(31)56-46(32)43-45(35)55(37)48(53-43)40-28(3)16-12-17-29(40)4/h11-25H,1-10H3. The Hall–Kier alpha value is -5.88. The molecule has 0 aliphatic carbocycles. The Morgan fingerprint density at radius 3 is 1.68 bits per heavy atom. The maximum atomic E-state index is 6.87. The zero-order chi connectivity index (χ0) is 38.7. The lowest BCUT2D eigenvalue weighted by Gasteiger charge is -2.34. The molecule has 0 N–H and O–H groups in total. The summed E-state index contributed by atoms with van der Waals surface area (Å²) >= 11 is 0. The van der Waals surface area contributed by atoms with Crippen LogP contribution in [0.5, 0.6) is 0 Å². The third-order valence-electron chi connectivity index (χ3n) is 12.8. The molecule has 0 saturated heterocycles. The lowest BCUT2D eigenvalue weighted by atomic mass is 9.34. The van der Waals surface area contributed by atoms with Gasteiger partial charge in [-0.3, -0.25) is 9.13 Å². The second-order valence-electron chi connectivity index (χ2n) is 18.5. The fraction of sp³-hybridized carbons (Fsp3) is 0.240. The monoisotopic (exact) mass is 728 g/mol. The van der Waals surface area contributed by atoms with E-state index >= 15 is 0 Å². The molecule has 0 amide bonds. The smallest absolute Gasteiger partial charge is 0.252 e. The second kappa shape index (κ2) is 10.9. The van der Waals surface area contributed by atoms with E-state index in [1.807, 2.05) is 0 Å². The molecular formula is C50H45BN4O. The molecule has 274 valence electrons. The Balaban J connectivity index is 1.35. The molecule has 6 heteroatoms. The molecule has 0 unspecified atom stereocenters. The normalized spacial score (nSPS) is 13.5. The highest BCUT2D eigenvalue weighted by Gasteiger charge is 2.43. The number of rotatable bonds is 2. The number of fused-ring (bicyclic) bond motifs is 8. The van der Waals surface area contributed by atoms with Crippen LogP contribution in [0.1, 0.15) is 74.9 Å². The van der Waals surface area contributed by atoms with Crippen LogP contribution in [-0.2, 0) is 10.8 Å². The highest BCUT2D eigenvalue weighted by atomic mass is 16.3. The van der Waals surface area contributed by atoms with Gasteiger partial charge in [-0.15, -0.1) is 0 Å². The average Bonchev–Trinajstić information content (AvgIpc) is 3.83. The predicted molar refractivity (Wildman–Crippen MR) is 235 cm³/mol. The van der Waals surface area contributed by atoms with E-state index in [9.17, 15) is 0 Å². The molecule has 11 rings (SSSR count). The van der Waals surface area contributed by atoms with Crippen molar-refractivity contribution >= 4 is 67.1 Å². The summed E-state index contributed by atoms with van der Waals surface area (Å²) in [6.45, 7) is 22.5. The largest absolute Gasteiger partial charge is 0.454 e. The van der Waals surface area contributed by atoms with Crippen LogP contribution in [0.25, 0.3) is 78.2 Å². The lowest BCUT2D eigenvalue weighted by Crippen LogP contribution is -2.59. The quantitative estimate of drug-likeness (QED) is 0.167. The highest BCUT2D eigenvalue weighted by molar-refractivity contribution is 7.00. The van der Waals surface area contributed by atoms with Crippen LogP contribution in [0.4, 0.5) is 0 Å². The molecular weight excluding hydrogens is 683 g/mol. The maximum Gasteiger partial charge on any atom is 0.252 e. The van der Waals surface area contributed by atoms with Crippen LogP contribution < -0.4 is 16.4 Å². The van der Waals surface area contributed by atoms with Crippen LogP contribution in [-0.4, -0.2) is 25.8 Å². The van der Waals surface area contributed by atoms with E-state index in [1.54, 1.807) is 0 Å². The Morgan fingerprint density at radius 1 is 0.554 bits per heavy atom. The number of furan rings is 1. The van der Waals surface area contributed by atoms with Gasteiger partial charge in [-0.1, -0.05) is 108 Å². The summed E-state index contributed by atoms with van der Waals surface area (Å²) in [5.41, 5.74) is 21.9. The van der Waals surface area contributed by atoms with Gasteiger partial charge in [0.05, 0.1) is 16.6 Å². The number of hydrogen-bond acceptors (Lipinski definition) is 3. The minimum Gasteiger partial charge on any atom is -0.454 e. The molecule has 0 saturated carbocycles. The third kappa shape index (κ3) is 4.27. The molecule has 3 aromatic heterocycles. The zero-order valence-electron chi connectivity index (χ0n) is 33.9. The van der Waals surface area contributed by atoms with Gasteiger partial charge in [0.15, 0.2) is 5.58 Å². The van der Waals surface area contributed by atoms with Crippen molar-refractivity contribution in [2.24, 2.45) is 0 Å². The van der Waals surface area contributed by atoms with Gasteiger partial charge in [-0.05, 0) is 113 Å². The summed E-state index contributed by atoms with van der Waals surface area (Å²) in [7, 11) is 0. The third-order valence-corrected chi connectivity index (χ3v) is 12.8. The van der Waals surface area contributed by atoms with Crippen molar-refractivity contribution in [2.75, 3.05) is 0 Å². The van der Waals surface area contributed by atoms with E-state index in [4.69, 9.17) is 14.4 Å². The predicted octanol–water partition coefficient (Wildman–Crippen LogP) is 10.6. The summed E-state index contributed by atoms with van der Waals surface area (Å²) < 4.78 is 11.8. The summed E-state index contributed by atoms with van der Waals surface area (Å²) in [5.74, 6) is 1.95. The van der Waals surface area contributed by atoms with Gasteiger partial charge in [-0.25, -0.2) is 9.97 Å². The number of benzene rings is 6. The molecule has 6 aromatic carbocycles. The number of nitrogens with zero attached hydrogens (tertiary/aromatic N) is 4. The first-order valence-corrected chi connectivity index (χ1v) is 20.0. The van der Waals surface area contributed by atoms with Crippen molar-refractivity contribution < 1.29 is 4.42 Å². The number of aromatic nitrogens is 4. The Bertz CT molecular complexity index is 3170. The molecule has 0 fully saturated rings. The van der Waals surface area contributed by atoms with Gasteiger partial charge in [0.25, 0.3) is 6.71 Å². The number of imidazole rings is 2. The van der Waals surface area contributed by atoms with Gasteiger partial charge in [0, 0.05) is 33.3 Å². The first-order chi connectivity index (χ1) is 26.7. The van der Waals surface area contributed by atoms with Gasteiger partial charge in [0.1, 0.15) is 22.7 Å². The first-order valence-electron chi connectivity index (χ1n) is 20.0. The number of hydrogen-bond donors (Lipinski definition) is 0. The Labute approximate surface area is 328 Å². The second-order valence-corrected chi connectivity index (χ2v) is 18.5. The van der Waals surface area contributed by atoms with Gasteiger partial charge in [0.2, 0.25) is 0 Å². The van der Waals surface area contributed by atoms with E-state index < -0.39 is 0 Å². The fourth-order valence-corrected chi connectivity index (χ4v) is 10.1. The molecule has 0 bridgehead atoms. The molecule has 9 aromatic rings. The van der Waals surface area contributed by atoms with Crippen molar-refractivity contribution in [3.8, 4) is 34.2 Å². The van der Waals surface area contributed by atoms with Crippen molar-refractivity contribution in [3.63, 3.8) is 0 Å². The maximum absolute atomic E-state index is 6.87. The lowest BCUT2D eigenvalue weighted by molar-refractivity contribution is 0.590. The van der Waals surface area contributed by atoms with Crippen LogP contribution in [0.3, 0.4) is 0 Å². The van der Waals surface area contributed by atoms with Crippen molar-refractivity contribution in [2.45, 2.75) is 80.1 Å². The fourth-order valence-electron chi connectivity index (χ4n) is 10.1. The minimum atomic E-state index is -0.101. The van der Waals surface area contributed by atoms with E-state index in [1.165, 1.54) is 66.5 Å². The number of aryl methyl sites for hydroxylation is 4. The van der Waals surface area contributed by atoms with Crippen molar-refractivity contribution in [1.82, 2.24) is 19.1 Å². The summed E-state index contributed by atoms with van der Waals surface area (Å²) in [6, 6.07) is 33.9. The molecule has 2 aliphatic heterocycles. The van der Waals surface area contributed by atoms with E-state index in [0.29, 0.717) is 0 Å². The molecule has 5 heterocycles. The van der Waals surface area contributed by atoms with Crippen molar-refractivity contribution in [1.29, 1.82) is 0 Å². The SMILES string of the molecule is Cc1cccc(C)c1-c1nc2c(C(C)(C)C)ccc3c2n1-c1cccc2c1B3c1cc3c4cc(C(C)(C)C)ccc4oc3c3nc(-c4c(C)cccc4C)n-2c13. The Kier molecular flexibility index (Phi) is 6.52. The highest BCUT2D eigenvalue weighted by Crippen LogP contribution is 2.43. The van der Waals surface area contributed by atoms with Gasteiger partial charge in [-0.2, -0.15) is 0 Å². The first kappa shape index (κ1) is 33.5. The summed E-state index contributed by atoms with van der Waals surface area (Å²) in [4.78, 5) is 11.3. The van der Waals surface area contributed by atoms with Crippen LogP contribution in [0.2, 0.25) is 0 Å². The molecule has 0 spiro atoms.